The van der Waals surface area contributed by atoms with Crippen LogP contribution in [0, 0.1) is 0 Å². The molecule has 0 unspecified atom stereocenters. The second-order valence-electron chi connectivity index (χ2n) is 1.89. The molecule has 0 bridgehead atoms. The zero-order valence-corrected chi connectivity index (χ0v) is 6.16. The number of rotatable bonds is 3. The minimum absolute atomic E-state index is 0.0694. The third-order valence-corrected chi connectivity index (χ3v) is 1.15. The lowest BCUT2D eigenvalue weighted by Gasteiger charge is -1.91. The number of hydrogen-bond acceptors (Lipinski definition) is 3. The van der Waals surface area contributed by atoms with Gasteiger partial charge in [0.1, 0.15) is 0 Å². The van der Waals surface area contributed by atoms with E-state index in [9.17, 15) is 4.79 Å². The molecule has 56 valence electrons. The molecule has 0 aliphatic heterocycles. The molecule has 3 nitrogen and oxygen atoms in total. The molecule has 0 saturated heterocycles. The first kappa shape index (κ1) is 8.88. The number of carbonyl (C=O) groups excluding carboxylic acids is 1. The quantitative estimate of drug-likeness (QED) is 0.279. The summed E-state index contributed by atoms with van der Waals surface area (Å²) in [5.74, 6) is 0.0694. The van der Waals surface area contributed by atoms with Crippen LogP contribution in [-0.4, -0.2) is 17.2 Å². The van der Waals surface area contributed by atoms with Gasteiger partial charge in [0, 0.05) is 6.42 Å². The number of hydrogen-bond donors (Lipinski definition) is 1. The van der Waals surface area contributed by atoms with Gasteiger partial charge in [-0.2, -0.15) is 0 Å². The fraction of sp³-hybridized carbons (Fsp3) is 0.429. The molecule has 3 heteroatoms. The van der Waals surface area contributed by atoms with E-state index in [1.54, 1.807) is 13.8 Å². The number of allylic oxidation sites excluding steroid dienone is 2. The maximum atomic E-state index is 10.8. The van der Waals surface area contributed by atoms with Crippen LogP contribution in [0.1, 0.15) is 20.3 Å². The van der Waals surface area contributed by atoms with Crippen LogP contribution in [0.25, 0.3) is 0 Å². The van der Waals surface area contributed by atoms with Gasteiger partial charge in [0.15, 0.2) is 5.78 Å². The van der Waals surface area contributed by atoms with Crippen LogP contribution in [0.15, 0.2) is 16.8 Å². The predicted molar refractivity (Wildman–Crippen MR) is 39.3 cm³/mol. The van der Waals surface area contributed by atoms with Crippen LogP contribution in [0.4, 0.5) is 0 Å². The number of Topliss-reactive ketones (excluding diaryl/α,β-unsaturated/α-hetero) is 1. The highest BCUT2D eigenvalue weighted by Gasteiger charge is 1.97. The first-order valence-corrected chi connectivity index (χ1v) is 3.09. The van der Waals surface area contributed by atoms with Crippen molar-refractivity contribution < 1.29 is 10.0 Å². The van der Waals surface area contributed by atoms with Crippen LogP contribution in [0.2, 0.25) is 0 Å². The second-order valence-corrected chi connectivity index (χ2v) is 1.89. The third kappa shape index (κ3) is 3.02. The second kappa shape index (κ2) is 4.73. The fourth-order valence-electron chi connectivity index (χ4n) is 0.517. The van der Waals surface area contributed by atoms with E-state index in [4.69, 9.17) is 5.21 Å². The highest BCUT2D eigenvalue weighted by molar-refractivity contribution is 5.97. The Morgan fingerprint density at radius 1 is 1.70 bits per heavy atom. The van der Waals surface area contributed by atoms with Gasteiger partial charge in [-0.05, 0) is 18.6 Å². The average Bonchev–Trinajstić information content (AvgIpc) is 1.98. The van der Waals surface area contributed by atoms with Crippen molar-refractivity contribution in [1.29, 1.82) is 0 Å². The monoisotopic (exact) mass is 141 g/mol. The van der Waals surface area contributed by atoms with Gasteiger partial charge in [0.05, 0.1) is 6.21 Å². The van der Waals surface area contributed by atoms with Crippen molar-refractivity contribution in [3.05, 3.63) is 11.6 Å². The molecule has 0 spiro atoms. The third-order valence-electron chi connectivity index (χ3n) is 1.15. The SMILES string of the molecule is CCC(=O)/C(C)=C/C=N/O. The zero-order valence-electron chi connectivity index (χ0n) is 6.16. The molecule has 0 amide bonds. The van der Waals surface area contributed by atoms with E-state index in [-0.39, 0.29) is 5.78 Å². The van der Waals surface area contributed by atoms with Crippen LogP contribution >= 0.6 is 0 Å². The normalized spacial score (nSPS) is 12.4. The molecule has 0 aliphatic rings. The van der Waals surface area contributed by atoms with Crippen molar-refractivity contribution in [2.45, 2.75) is 20.3 Å². The molecule has 0 radical (unpaired) electrons. The molecule has 0 fully saturated rings. The Balaban J connectivity index is 4.05. The van der Waals surface area contributed by atoms with Gasteiger partial charge in [0.25, 0.3) is 0 Å². The zero-order chi connectivity index (χ0) is 7.98. The molecule has 0 atom stereocenters. The van der Waals surface area contributed by atoms with Crippen molar-refractivity contribution >= 4 is 12.0 Å². The van der Waals surface area contributed by atoms with Crippen LogP contribution < -0.4 is 0 Å². The fourth-order valence-corrected chi connectivity index (χ4v) is 0.517. The Morgan fingerprint density at radius 2 is 2.30 bits per heavy atom. The van der Waals surface area contributed by atoms with Crippen LogP contribution in [0.5, 0.6) is 0 Å². The van der Waals surface area contributed by atoms with Crippen molar-refractivity contribution in [3.63, 3.8) is 0 Å². The Morgan fingerprint density at radius 3 is 2.70 bits per heavy atom. The smallest absolute Gasteiger partial charge is 0.158 e. The van der Waals surface area contributed by atoms with E-state index in [1.165, 1.54) is 12.3 Å². The highest BCUT2D eigenvalue weighted by atomic mass is 16.4. The van der Waals surface area contributed by atoms with E-state index in [2.05, 4.69) is 5.16 Å². The summed E-state index contributed by atoms with van der Waals surface area (Å²) >= 11 is 0. The molecule has 0 aliphatic carbocycles. The standard InChI is InChI=1S/C7H11NO2/c1-3-7(9)6(2)4-5-8-10/h4-5,10H,3H2,1-2H3/b6-4+,8-5+. The molecule has 0 aromatic heterocycles. The van der Waals surface area contributed by atoms with E-state index >= 15 is 0 Å². The van der Waals surface area contributed by atoms with Crippen molar-refractivity contribution in [2.75, 3.05) is 0 Å². The van der Waals surface area contributed by atoms with Crippen molar-refractivity contribution in [1.82, 2.24) is 0 Å². The number of ketones is 1. The van der Waals surface area contributed by atoms with E-state index in [0.717, 1.165) is 0 Å². The first-order valence-electron chi connectivity index (χ1n) is 3.09. The topological polar surface area (TPSA) is 49.7 Å². The van der Waals surface area contributed by atoms with Crippen molar-refractivity contribution in [3.8, 4) is 0 Å². The van der Waals surface area contributed by atoms with E-state index < -0.39 is 0 Å². The predicted octanol–water partition coefficient (Wildman–Crippen LogP) is 1.37. The van der Waals surface area contributed by atoms with Gasteiger partial charge in [-0.1, -0.05) is 12.1 Å². The maximum Gasteiger partial charge on any atom is 0.158 e. The van der Waals surface area contributed by atoms with Crippen LogP contribution in [0.3, 0.4) is 0 Å². The van der Waals surface area contributed by atoms with E-state index in [0.29, 0.717) is 12.0 Å². The number of carbonyl (C=O) groups is 1. The first-order chi connectivity index (χ1) is 4.72. The highest BCUT2D eigenvalue weighted by Crippen LogP contribution is 1.95. The largest absolute Gasteiger partial charge is 0.411 e. The summed E-state index contributed by atoms with van der Waals surface area (Å²) in [7, 11) is 0. The summed E-state index contributed by atoms with van der Waals surface area (Å²) in [5.41, 5.74) is 0.611. The number of nitrogens with zero attached hydrogens (tertiary/aromatic N) is 1. The summed E-state index contributed by atoms with van der Waals surface area (Å²) in [6.45, 7) is 3.48. The molecule has 0 heterocycles. The lowest BCUT2D eigenvalue weighted by Crippen LogP contribution is -1.96. The molecule has 0 rings (SSSR count). The van der Waals surface area contributed by atoms with E-state index in [1.807, 2.05) is 0 Å². The molecule has 10 heavy (non-hydrogen) atoms. The van der Waals surface area contributed by atoms with Gasteiger partial charge in [-0.25, -0.2) is 0 Å². The summed E-state index contributed by atoms with van der Waals surface area (Å²) in [6.07, 6.45) is 3.15. The molecule has 1 N–H and O–H groups in total. The van der Waals surface area contributed by atoms with Gasteiger partial charge in [-0.15, -0.1) is 0 Å². The molecule has 0 aromatic rings. The maximum absolute atomic E-state index is 10.8. The number of oxime groups is 1. The summed E-state index contributed by atoms with van der Waals surface area (Å²) in [5, 5.41) is 10.7. The van der Waals surface area contributed by atoms with Gasteiger partial charge >= 0.3 is 0 Å². The molecule has 0 aromatic carbocycles. The van der Waals surface area contributed by atoms with Gasteiger partial charge in [-0.3, -0.25) is 4.79 Å². The van der Waals surface area contributed by atoms with Gasteiger partial charge in [0.2, 0.25) is 0 Å². The molecular weight excluding hydrogens is 130 g/mol. The van der Waals surface area contributed by atoms with Crippen molar-refractivity contribution in [2.24, 2.45) is 5.16 Å². The summed E-state index contributed by atoms with van der Waals surface area (Å²) in [4.78, 5) is 10.8. The van der Waals surface area contributed by atoms with Gasteiger partial charge < -0.3 is 5.21 Å². The Hall–Kier alpha value is -1.12. The molecule has 0 saturated carbocycles. The van der Waals surface area contributed by atoms with Crippen LogP contribution in [-0.2, 0) is 4.79 Å². The lowest BCUT2D eigenvalue weighted by molar-refractivity contribution is -0.115. The minimum atomic E-state index is 0.0694. The Bertz CT molecular complexity index is 170. The Kier molecular flexibility index (Phi) is 4.20. The average molecular weight is 141 g/mol. The summed E-state index contributed by atoms with van der Waals surface area (Å²) < 4.78 is 0. The molecular formula is C7H11NO2. The summed E-state index contributed by atoms with van der Waals surface area (Å²) in [6, 6.07) is 0. The Labute approximate surface area is 60.0 Å². The minimum Gasteiger partial charge on any atom is -0.411 e. The lowest BCUT2D eigenvalue weighted by atomic mass is 10.1.